The minimum Gasteiger partial charge on any atom is -0.497 e. The van der Waals surface area contributed by atoms with E-state index < -0.39 is 0 Å². The summed E-state index contributed by atoms with van der Waals surface area (Å²) in [6.07, 6.45) is 0. The summed E-state index contributed by atoms with van der Waals surface area (Å²) in [5, 5.41) is 6.86. The third kappa shape index (κ3) is 1.92. The van der Waals surface area contributed by atoms with Gasteiger partial charge in [-0.3, -0.25) is 5.10 Å². The highest BCUT2D eigenvalue weighted by molar-refractivity contribution is 14.1. The first-order chi connectivity index (χ1) is 7.22. The Labute approximate surface area is 101 Å². The fourth-order valence-electron chi connectivity index (χ4n) is 1.31. The van der Waals surface area contributed by atoms with Crippen molar-refractivity contribution in [3.05, 3.63) is 27.8 Å². The van der Waals surface area contributed by atoms with E-state index in [0.29, 0.717) is 5.82 Å². The zero-order valence-electron chi connectivity index (χ0n) is 8.12. The number of rotatable bonds is 2. The molecule has 0 saturated heterocycles. The van der Waals surface area contributed by atoms with Gasteiger partial charge in [0.15, 0.2) is 5.82 Å². The van der Waals surface area contributed by atoms with Gasteiger partial charge in [-0.2, -0.15) is 5.10 Å². The molecule has 0 bridgehead atoms. The Hall–Kier alpha value is -1.24. The maximum Gasteiger partial charge on any atom is 0.159 e. The van der Waals surface area contributed by atoms with Crippen LogP contribution in [0.4, 0.5) is 5.82 Å². The van der Waals surface area contributed by atoms with Crippen LogP contribution >= 0.6 is 22.6 Å². The number of hydrogen-bond acceptors (Lipinski definition) is 3. The number of halogens is 1. The van der Waals surface area contributed by atoms with Crippen LogP contribution in [0, 0.1) is 3.57 Å². The molecule has 1 aromatic heterocycles. The topological polar surface area (TPSA) is 63.9 Å². The van der Waals surface area contributed by atoms with Gasteiger partial charge in [-0.1, -0.05) is 12.1 Å². The summed E-state index contributed by atoms with van der Waals surface area (Å²) in [5.74, 6) is 1.34. The van der Waals surface area contributed by atoms with Crippen molar-refractivity contribution in [1.29, 1.82) is 0 Å². The number of nitrogens with two attached hydrogens (primary N) is 1. The lowest BCUT2D eigenvalue weighted by molar-refractivity contribution is 0.415. The van der Waals surface area contributed by atoms with Crippen molar-refractivity contribution in [1.82, 2.24) is 10.2 Å². The molecule has 78 valence electrons. The van der Waals surface area contributed by atoms with Crippen LogP contribution in [0.15, 0.2) is 24.3 Å². The van der Waals surface area contributed by atoms with E-state index in [0.717, 1.165) is 20.6 Å². The summed E-state index contributed by atoms with van der Waals surface area (Å²) in [4.78, 5) is 0. The Morgan fingerprint density at radius 2 is 2.27 bits per heavy atom. The lowest BCUT2D eigenvalue weighted by Gasteiger charge is -2.02. The Bertz CT molecular complexity index is 481. The number of aromatic nitrogens is 2. The monoisotopic (exact) mass is 315 g/mol. The minimum absolute atomic E-state index is 0.522. The van der Waals surface area contributed by atoms with Crippen LogP contribution < -0.4 is 10.5 Å². The summed E-state index contributed by atoms with van der Waals surface area (Å²) < 4.78 is 6.09. The summed E-state index contributed by atoms with van der Waals surface area (Å²) in [6.45, 7) is 0. The van der Waals surface area contributed by atoms with Gasteiger partial charge < -0.3 is 10.5 Å². The molecule has 0 amide bonds. The predicted molar refractivity (Wildman–Crippen MR) is 67.7 cm³/mol. The second-order valence-electron chi connectivity index (χ2n) is 3.03. The SMILES string of the molecule is COc1cccc(-c2[nH]nc(N)c2I)c1. The summed E-state index contributed by atoms with van der Waals surface area (Å²) in [5.41, 5.74) is 7.61. The summed E-state index contributed by atoms with van der Waals surface area (Å²) in [6, 6.07) is 7.75. The highest BCUT2D eigenvalue weighted by atomic mass is 127. The molecule has 0 aliphatic heterocycles. The molecular weight excluding hydrogens is 305 g/mol. The van der Waals surface area contributed by atoms with Crippen molar-refractivity contribution in [2.24, 2.45) is 0 Å². The average Bonchev–Trinajstić information content (AvgIpc) is 2.60. The number of hydrogen-bond donors (Lipinski definition) is 2. The van der Waals surface area contributed by atoms with Crippen molar-refractivity contribution in [2.45, 2.75) is 0 Å². The smallest absolute Gasteiger partial charge is 0.159 e. The molecule has 0 spiro atoms. The largest absolute Gasteiger partial charge is 0.497 e. The van der Waals surface area contributed by atoms with Crippen molar-refractivity contribution in [2.75, 3.05) is 12.8 Å². The normalized spacial score (nSPS) is 10.3. The van der Waals surface area contributed by atoms with Crippen LogP contribution in [0.5, 0.6) is 5.75 Å². The fourth-order valence-corrected chi connectivity index (χ4v) is 1.86. The molecular formula is C10H10IN3O. The second-order valence-corrected chi connectivity index (χ2v) is 4.11. The van der Waals surface area contributed by atoms with Gasteiger partial charge in [0.25, 0.3) is 0 Å². The van der Waals surface area contributed by atoms with E-state index in [1.165, 1.54) is 0 Å². The number of ether oxygens (including phenoxy) is 1. The Morgan fingerprint density at radius 3 is 2.87 bits per heavy atom. The number of H-pyrrole nitrogens is 1. The predicted octanol–water partition coefficient (Wildman–Crippen LogP) is 2.27. The van der Waals surface area contributed by atoms with Crippen LogP contribution in [0.2, 0.25) is 0 Å². The molecule has 0 saturated carbocycles. The van der Waals surface area contributed by atoms with E-state index in [9.17, 15) is 0 Å². The molecule has 0 aliphatic carbocycles. The van der Waals surface area contributed by atoms with Crippen molar-refractivity contribution in [3.63, 3.8) is 0 Å². The summed E-state index contributed by atoms with van der Waals surface area (Å²) >= 11 is 2.17. The molecule has 4 nitrogen and oxygen atoms in total. The lowest BCUT2D eigenvalue weighted by Crippen LogP contribution is -1.87. The number of nitrogens with zero attached hydrogens (tertiary/aromatic N) is 1. The van der Waals surface area contributed by atoms with Crippen LogP contribution in [-0.2, 0) is 0 Å². The van der Waals surface area contributed by atoms with Gasteiger partial charge in [-0.15, -0.1) is 0 Å². The maximum absolute atomic E-state index is 5.67. The number of aromatic amines is 1. The van der Waals surface area contributed by atoms with E-state index in [2.05, 4.69) is 32.8 Å². The Morgan fingerprint density at radius 1 is 1.47 bits per heavy atom. The quantitative estimate of drug-likeness (QED) is 0.836. The van der Waals surface area contributed by atoms with Gasteiger partial charge in [0, 0.05) is 5.56 Å². The second kappa shape index (κ2) is 4.09. The Kier molecular flexibility index (Phi) is 2.81. The first kappa shape index (κ1) is 10.3. The molecule has 3 N–H and O–H groups in total. The number of benzene rings is 1. The highest BCUT2D eigenvalue weighted by Gasteiger charge is 2.09. The highest BCUT2D eigenvalue weighted by Crippen LogP contribution is 2.28. The van der Waals surface area contributed by atoms with Gasteiger partial charge in [0.05, 0.1) is 16.4 Å². The van der Waals surface area contributed by atoms with Gasteiger partial charge in [-0.05, 0) is 34.7 Å². The molecule has 0 fully saturated rings. The summed E-state index contributed by atoms with van der Waals surface area (Å²) in [7, 11) is 1.64. The van der Waals surface area contributed by atoms with Gasteiger partial charge in [-0.25, -0.2) is 0 Å². The fraction of sp³-hybridized carbons (Fsp3) is 0.100. The molecule has 1 heterocycles. The van der Waals surface area contributed by atoms with E-state index in [1.54, 1.807) is 7.11 Å². The molecule has 1 aromatic carbocycles. The standard InChI is InChI=1S/C10H10IN3O/c1-15-7-4-2-3-6(5-7)9-8(11)10(12)14-13-9/h2-5H,1H3,(H3,12,13,14). The van der Waals surface area contributed by atoms with Crippen LogP contribution in [0.3, 0.4) is 0 Å². The maximum atomic E-state index is 5.67. The van der Waals surface area contributed by atoms with Crippen LogP contribution in [0.1, 0.15) is 0 Å². The minimum atomic E-state index is 0.522. The molecule has 0 aliphatic rings. The van der Waals surface area contributed by atoms with Crippen molar-refractivity contribution >= 4 is 28.4 Å². The van der Waals surface area contributed by atoms with Crippen molar-refractivity contribution in [3.8, 4) is 17.0 Å². The molecule has 0 unspecified atom stereocenters. The first-order valence-electron chi connectivity index (χ1n) is 4.36. The Balaban J connectivity index is 2.49. The van der Waals surface area contributed by atoms with Gasteiger partial charge >= 0.3 is 0 Å². The molecule has 2 rings (SSSR count). The van der Waals surface area contributed by atoms with E-state index in [4.69, 9.17) is 10.5 Å². The third-order valence-corrected chi connectivity index (χ3v) is 3.18. The van der Waals surface area contributed by atoms with E-state index >= 15 is 0 Å². The number of anilines is 1. The van der Waals surface area contributed by atoms with Gasteiger partial charge in [0.1, 0.15) is 5.75 Å². The van der Waals surface area contributed by atoms with Gasteiger partial charge in [0.2, 0.25) is 0 Å². The number of nitrogen functional groups attached to an aromatic ring is 1. The van der Waals surface area contributed by atoms with Crippen molar-refractivity contribution < 1.29 is 4.74 Å². The number of nitrogens with one attached hydrogen (secondary N) is 1. The zero-order valence-corrected chi connectivity index (χ0v) is 10.3. The molecule has 0 atom stereocenters. The zero-order chi connectivity index (χ0) is 10.8. The van der Waals surface area contributed by atoms with E-state index in [-0.39, 0.29) is 0 Å². The van der Waals surface area contributed by atoms with E-state index in [1.807, 2.05) is 24.3 Å². The molecule has 5 heteroatoms. The average molecular weight is 315 g/mol. The molecule has 15 heavy (non-hydrogen) atoms. The number of methoxy groups -OCH3 is 1. The lowest BCUT2D eigenvalue weighted by atomic mass is 10.1. The molecule has 0 radical (unpaired) electrons. The van der Waals surface area contributed by atoms with Crippen LogP contribution in [0.25, 0.3) is 11.3 Å². The molecule has 2 aromatic rings. The third-order valence-electron chi connectivity index (χ3n) is 2.09. The van der Waals surface area contributed by atoms with Crippen LogP contribution in [-0.4, -0.2) is 17.3 Å². The first-order valence-corrected chi connectivity index (χ1v) is 5.44.